The van der Waals surface area contributed by atoms with Crippen LogP contribution in [0.4, 0.5) is 0 Å². The number of phenols is 2. The molecule has 20 heavy (non-hydrogen) atoms. The Morgan fingerprint density at radius 2 is 1.80 bits per heavy atom. The molecule has 2 rings (SSSR count). The number of benzene rings is 2. The van der Waals surface area contributed by atoms with E-state index in [1.165, 1.54) is 18.3 Å². The van der Waals surface area contributed by atoms with Gasteiger partial charge in [-0.3, -0.25) is 4.79 Å². The highest BCUT2D eigenvalue weighted by molar-refractivity contribution is 5.95. The standard InChI is InChI=1S/C15H14N2O3/c1-10-4-2-3-5-11(10)9-16-17-15(20)12-6-13(18)8-14(19)7-12/h2-9,18-19H,1H3,(H,17,20)/b16-9+. The SMILES string of the molecule is Cc1ccccc1/C=N/NC(=O)c1cc(O)cc(O)c1. The molecule has 0 unspecified atom stereocenters. The molecule has 1 amide bonds. The fourth-order valence-corrected chi connectivity index (χ4v) is 1.68. The maximum atomic E-state index is 11.8. The molecule has 0 fully saturated rings. The van der Waals surface area contributed by atoms with Crippen LogP contribution in [0.15, 0.2) is 47.6 Å². The van der Waals surface area contributed by atoms with E-state index in [0.29, 0.717) is 0 Å². The van der Waals surface area contributed by atoms with Crippen molar-refractivity contribution >= 4 is 12.1 Å². The monoisotopic (exact) mass is 270 g/mol. The lowest BCUT2D eigenvalue weighted by atomic mass is 10.1. The predicted molar refractivity (Wildman–Crippen MR) is 76.0 cm³/mol. The molecule has 0 spiro atoms. The van der Waals surface area contributed by atoms with Crippen LogP contribution in [0.25, 0.3) is 0 Å². The number of nitrogens with zero attached hydrogens (tertiary/aromatic N) is 1. The van der Waals surface area contributed by atoms with Crippen LogP contribution in [0.1, 0.15) is 21.5 Å². The number of amides is 1. The van der Waals surface area contributed by atoms with Crippen LogP contribution in [-0.4, -0.2) is 22.3 Å². The van der Waals surface area contributed by atoms with Gasteiger partial charge in [-0.1, -0.05) is 24.3 Å². The minimum absolute atomic E-state index is 0.129. The van der Waals surface area contributed by atoms with Crippen LogP contribution >= 0.6 is 0 Å². The van der Waals surface area contributed by atoms with Gasteiger partial charge in [0.2, 0.25) is 0 Å². The van der Waals surface area contributed by atoms with Crippen LogP contribution in [0, 0.1) is 6.92 Å². The minimum atomic E-state index is -0.513. The molecule has 0 bridgehead atoms. The minimum Gasteiger partial charge on any atom is -0.508 e. The molecule has 102 valence electrons. The van der Waals surface area contributed by atoms with E-state index >= 15 is 0 Å². The Morgan fingerprint density at radius 1 is 1.15 bits per heavy atom. The highest BCUT2D eigenvalue weighted by atomic mass is 16.3. The zero-order chi connectivity index (χ0) is 14.5. The Labute approximate surface area is 116 Å². The zero-order valence-electron chi connectivity index (χ0n) is 10.9. The number of rotatable bonds is 3. The Morgan fingerprint density at radius 3 is 2.45 bits per heavy atom. The van der Waals surface area contributed by atoms with Crippen LogP contribution in [-0.2, 0) is 0 Å². The summed E-state index contributed by atoms with van der Waals surface area (Å²) < 4.78 is 0. The Balaban J connectivity index is 2.07. The quantitative estimate of drug-likeness (QED) is 0.590. The fourth-order valence-electron chi connectivity index (χ4n) is 1.68. The number of carbonyl (C=O) groups excluding carboxylic acids is 1. The van der Waals surface area contributed by atoms with Crippen LogP contribution in [0.5, 0.6) is 11.5 Å². The molecule has 0 heterocycles. The second-order valence-electron chi connectivity index (χ2n) is 4.29. The number of hydrogen-bond donors (Lipinski definition) is 3. The van der Waals surface area contributed by atoms with Crippen molar-refractivity contribution in [3.05, 3.63) is 59.2 Å². The third kappa shape index (κ3) is 3.35. The molecule has 0 aromatic heterocycles. The molecule has 0 saturated carbocycles. The van der Waals surface area contributed by atoms with Gasteiger partial charge in [-0.2, -0.15) is 5.10 Å². The van der Waals surface area contributed by atoms with Gasteiger partial charge in [0.15, 0.2) is 0 Å². The lowest BCUT2D eigenvalue weighted by Gasteiger charge is -2.02. The summed E-state index contributed by atoms with van der Waals surface area (Å²) >= 11 is 0. The highest BCUT2D eigenvalue weighted by Gasteiger charge is 2.07. The number of hydrogen-bond acceptors (Lipinski definition) is 4. The maximum Gasteiger partial charge on any atom is 0.271 e. The Hall–Kier alpha value is -2.82. The first kappa shape index (κ1) is 13.6. The molecule has 0 radical (unpaired) electrons. The van der Waals surface area contributed by atoms with Crippen molar-refractivity contribution < 1.29 is 15.0 Å². The lowest BCUT2D eigenvalue weighted by Crippen LogP contribution is -2.17. The third-order valence-electron chi connectivity index (χ3n) is 2.72. The van der Waals surface area contributed by atoms with Gasteiger partial charge in [-0.25, -0.2) is 5.43 Å². The van der Waals surface area contributed by atoms with Crippen molar-refractivity contribution in [1.82, 2.24) is 5.43 Å². The van der Waals surface area contributed by atoms with Gasteiger partial charge in [0, 0.05) is 11.6 Å². The third-order valence-corrected chi connectivity index (χ3v) is 2.72. The first-order valence-electron chi connectivity index (χ1n) is 5.98. The summed E-state index contributed by atoms with van der Waals surface area (Å²) in [6.07, 6.45) is 1.54. The topological polar surface area (TPSA) is 81.9 Å². The molecule has 0 atom stereocenters. The van der Waals surface area contributed by atoms with Gasteiger partial charge in [0.1, 0.15) is 11.5 Å². The number of hydrazone groups is 1. The maximum absolute atomic E-state index is 11.8. The largest absolute Gasteiger partial charge is 0.508 e. The number of carbonyl (C=O) groups is 1. The van der Waals surface area contributed by atoms with Gasteiger partial charge in [0.05, 0.1) is 6.21 Å². The molecular weight excluding hydrogens is 256 g/mol. The molecule has 5 nitrogen and oxygen atoms in total. The predicted octanol–water partition coefficient (Wildman–Crippen LogP) is 2.17. The van der Waals surface area contributed by atoms with E-state index < -0.39 is 5.91 Å². The van der Waals surface area contributed by atoms with E-state index in [9.17, 15) is 15.0 Å². The summed E-state index contributed by atoms with van der Waals surface area (Å²) in [4.78, 5) is 11.8. The summed E-state index contributed by atoms with van der Waals surface area (Å²) in [7, 11) is 0. The summed E-state index contributed by atoms with van der Waals surface area (Å²) in [6.45, 7) is 1.94. The Kier molecular flexibility index (Phi) is 4.00. The fraction of sp³-hybridized carbons (Fsp3) is 0.0667. The molecule has 2 aromatic rings. The summed E-state index contributed by atoms with van der Waals surface area (Å²) in [5, 5.41) is 22.5. The van der Waals surface area contributed by atoms with Crippen molar-refractivity contribution in [1.29, 1.82) is 0 Å². The molecule has 0 saturated heterocycles. The number of phenolic OH excluding ortho intramolecular Hbond substituents is 2. The molecule has 0 aliphatic heterocycles. The smallest absolute Gasteiger partial charge is 0.271 e. The van der Waals surface area contributed by atoms with E-state index in [-0.39, 0.29) is 17.1 Å². The van der Waals surface area contributed by atoms with E-state index in [2.05, 4.69) is 10.5 Å². The zero-order valence-corrected chi connectivity index (χ0v) is 10.9. The van der Waals surface area contributed by atoms with E-state index in [1.807, 2.05) is 31.2 Å². The van der Waals surface area contributed by atoms with Crippen LogP contribution in [0.2, 0.25) is 0 Å². The average molecular weight is 270 g/mol. The van der Waals surface area contributed by atoms with Crippen molar-refractivity contribution in [2.24, 2.45) is 5.10 Å². The van der Waals surface area contributed by atoms with Crippen molar-refractivity contribution in [3.8, 4) is 11.5 Å². The molecule has 2 aromatic carbocycles. The van der Waals surface area contributed by atoms with Gasteiger partial charge in [0.25, 0.3) is 5.91 Å². The van der Waals surface area contributed by atoms with Crippen LogP contribution < -0.4 is 5.43 Å². The first-order valence-corrected chi connectivity index (χ1v) is 5.98. The summed E-state index contributed by atoms with van der Waals surface area (Å²) in [5.41, 5.74) is 4.40. The number of aryl methyl sites for hydroxylation is 1. The van der Waals surface area contributed by atoms with E-state index in [0.717, 1.165) is 17.2 Å². The average Bonchev–Trinajstić information content (AvgIpc) is 2.39. The molecular formula is C15H14N2O3. The molecule has 3 N–H and O–H groups in total. The second-order valence-corrected chi connectivity index (χ2v) is 4.29. The second kappa shape index (κ2) is 5.88. The molecule has 0 aliphatic rings. The van der Waals surface area contributed by atoms with E-state index in [1.54, 1.807) is 0 Å². The normalized spacial score (nSPS) is 10.7. The first-order chi connectivity index (χ1) is 9.56. The highest BCUT2D eigenvalue weighted by Crippen LogP contribution is 2.20. The molecule has 0 aliphatic carbocycles. The van der Waals surface area contributed by atoms with E-state index in [4.69, 9.17) is 0 Å². The van der Waals surface area contributed by atoms with Crippen LogP contribution in [0.3, 0.4) is 0 Å². The van der Waals surface area contributed by atoms with Crippen molar-refractivity contribution in [3.63, 3.8) is 0 Å². The van der Waals surface area contributed by atoms with Gasteiger partial charge in [-0.05, 0) is 30.2 Å². The van der Waals surface area contributed by atoms with Crippen molar-refractivity contribution in [2.75, 3.05) is 0 Å². The number of nitrogens with one attached hydrogen (secondary N) is 1. The number of aromatic hydroxyl groups is 2. The van der Waals surface area contributed by atoms with Crippen molar-refractivity contribution in [2.45, 2.75) is 6.92 Å². The Bertz CT molecular complexity index is 646. The summed E-state index contributed by atoms with van der Waals surface area (Å²) in [6, 6.07) is 11.3. The lowest BCUT2D eigenvalue weighted by molar-refractivity contribution is 0.0954. The molecule has 5 heteroatoms. The summed E-state index contributed by atoms with van der Waals surface area (Å²) in [5.74, 6) is -0.878. The van der Waals surface area contributed by atoms with Gasteiger partial charge < -0.3 is 10.2 Å². The van der Waals surface area contributed by atoms with Gasteiger partial charge >= 0.3 is 0 Å². The van der Waals surface area contributed by atoms with Gasteiger partial charge in [-0.15, -0.1) is 0 Å².